The summed E-state index contributed by atoms with van der Waals surface area (Å²) in [5.74, 6) is -0.183. The number of cyclic esters (lactones) is 6. The molecule has 6 aliphatic rings. The Kier molecular flexibility index (Phi) is 18.0. The third-order valence-corrected chi connectivity index (χ3v) is 10.6. The van der Waals surface area contributed by atoms with Gasteiger partial charge in [-0.1, -0.05) is 54.4 Å². The van der Waals surface area contributed by atoms with Crippen molar-refractivity contribution in [1.29, 1.82) is 0 Å². The molecule has 0 bridgehead atoms. The lowest BCUT2D eigenvalue weighted by Gasteiger charge is -2.20. The first kappa shape index (κ1) is 46.1. The molecule has 6 fully saturated rings. The molecule has 6 rings (SSSR count). The number of carbonyl (C=O) groups excluding carboxylic acids is 6. The van der Waals surface area contributed by atoms with Crippen LogP contribution in [0.2, 0.25) is 0 Å². The Hall–Kier alpha value is -3.96. The zero-order valence-electron chi connectivity index (χ0n) is 33.1. The first-order valence-corrected chi connectivity index (χ1v) is 18.3. The number of esters is 6. The Morgan fingerprint density at radius 1 is 0.615 bits per heavy atom. The first-order chi connectivity index (χ1) is 24.1. The molecule has 0 saturated carbocycles. The topological polar surface area (TPSA) is 158 Å². The van der Waals surface area contributed by atoms with Crippen molar-refractivity contribution in [3.8, 4) is 0 Å². The molecule has 0 N–H and O–H groups in total. The average Bonchev–Trinajstić information content (AvgIpc) is 3.92. The number of hydrogen-bond donors (Lipinski definition) is 0. The fourth-order valence-electron chi connectivity index (χ4n) is 5.39. The SMILES string of the molecule is C=C1C(=O)OCC1C.C=C1CC(C)OC1=O.C=C1CCOC1=O.CC[C@@]1(C)C(=O)OCC1C.CC[C@]1(C)CC(C)OC1=O.CC[C@]1(C)CCOC1=O. The molecule has 0 aliphatic carbocycles. The largest absolute Gasteiger partial charge is 0.465 e. The van der Waals surface area contributed by atoms with E-state index in [1.807, 2.05) is 62.3 Å². The highest BCUT2D eigenvalue weighted by atomic mass is 16.6. The summed E-state index contributed by atoms with van der Waals surface area (Å²) in [6.07, 6.45) is 6.00. The zero-order valence-corrected chi connectivity index (χ0v) is 33.1. The molecule has 0 aromatic rings. The minimum atomic E-state index is -0.238. The predicted molar refractivity (Wildman–Crippen MR) is 194 cm³/mol. The second kappa shape index (κ2) is 20.3. The van der Waals surface area contributed by atoms with Crippen LogP contribution in [0.4, 0.5) is 0 Å². The molecule has 4 unspecified atom stereocenters. The van der Waals surface area contributed by atoms with Crippen molar-refractivity contribution in [3.63, 3.8) is 0 Å². The minimum Gasteiger partial charge on any atom is -0.465 e. The molecule has 0 amide bonds. The van der Waals surface area contributed by atoms with E-state index in [4.69, 9.17) is 18.9 Å². The van der Waals surface area contributed by atoms with Gasteiger partial charge in [-0.15, -0.1) is 0 Å². The maximum Gasteiger partial charge on any atom is 0.333 e. The van der Waals surface area contributed by atoms with Crippen LogP contribution in [-0.2, 0) is 57.2 Å². The Morgan fingerprint density at radius 3 is 1.40 bits per heavy atom. The summed E-state index contributed by atoms with van der Waals surface area (Å²) in [4.78, 5) is 64.3. The Labute approximate surface area is 310 Å². The summed E-state index contributed by atoms with van der Waals surface area (Å²) in [5.41, 5.74) is 1.22. The molecule has 0 spiro atoms. The summed E-state index contributed by atoms with van der Waals surface area (Å²) in [6, 6.07) is 0. The highest BCUT2D eigenvalue weighted by Crippen LogP contribution is 2.38. The van der Waals surface area contributed by atoms with Crippen LogP contribution in [0.1, 0.15) is 114 Å². The molecular weight excluding hydrogens is 672 g/mol. The van der Waals surface area contributed by atoms with E-state index in [2.05, 4.69) is 36.1 Å². The normalized spacial score (nSPS) is 32.8. The van der Waals surface area contributed by atoms with Crippen LogP contribution in [0.5, 0.6) is 0 Å². The van der Waals surface area contributed by atoms with E-state index in [1.54, 1.807) is 0 Å². The lowest BCUT2D eigenvalue weighted by molar-refractivity contribution is -0.148. The van der Waals surface area contributed by atoms with Crippen molar-refractivity contribution in [1.82, 2.24) is 0 Å². The summed E-state index contributed by atoms with van der Waals surface area (Å²) in [6.45, 7) is 32.5. The van der Waals surface area contributed by atoms with E-state index < -0.39 is 0 Å². The molecule has 6 saturated heterocycles. The fourth-order valence-corrected chi connectivity index (χ4v) is 5.39. The van der Waals surface area contributed by atoms with Gasteiger partial charge in [-0.25, -0.2) is 14.4 Å². The molecule has 0 radical (unpaired) electrons. The van der Waals surface area contributed by atoms with Gasteiger partial charge >= 0.3 is 35.8 Å². The second-order valence-electron chi connectivity index (χ2n) is 14.9. The van der Waals surface area contributed by atoms with Crippen molar-refractivity contribution < 1.29 is 57.2 Å². The van der Waals surface area contributed by atoms with Crippen LogP contribution in [0.3, 0.4) is 0 Å². The van der Waals surface area contributed by atoms with E-state index in [9.17, 15) is 28.8 Å². The lowest BCUT2D eigenvalue weighted by atomic mass is 9.78. The van der Waals surface area contributed by atoms with E-state index >= 15 is 0 Å². The third kappa shape index (κ3) is 12.9. The van der Waals surface area contributed by atoms with E-state index in [-0.39, 0.29) is 70.2 Å². The summed E-state index contributed by atoms with van der Waals surface area (Å²) in [5, 5.41) is 0. The van der Waals surface area contributed by atoms with Crippen LogP contribution < -0.4 is 0 Å². The van der Waals surface area contributed by atoms with Gasteiger partial charge in [0.1, 0.15) is 12.2 Å². The van der Waals surface area contributed by atoms with Crippen molar-refractivity contribution in [2.75, 3.05) is 26.4 Å². The molecule has 52 heavy (non-hydrogen) atoms. The van der Waals surface area contributed by atoms with E-state index in [1.165, 1.54) is 0 Å². The van der Waals surface area contributed by atoms with Crippen LogP contribution in [0.25, 0.3) is 0 Å². The molecular formula is C40H62O12. The number of rotatable bonds is 3. The van der Waals surface area contributed by atoms with Gasteiger partial charge in [-0.2, -0.15) is 0 Å². The van der Waals surface area contributed by atoms with Gasteiger partial charge in [0.2, 0.25) is 0 Å². The van der Waals surface area contributed by atoms with Crippen molar-refractivity contribution in [3.05, 3.63) is 36.5 Å². The zero-order chi connectivity index (χ0) is 40.0. The monoisotopic (exact) mass is 734 g/mol. The molecule has 294 valence electrons. The number of ether oxygens (including phenoxy) is 6. The third-order valence-electron chi connectivity index (χ3n) is 10.6. The van der Waals surface area contributed by atoms with E-state index in [0.717, 1.165) is 32.1 Å². The van der Waals surface area contributed by atoms with Crippen LogP contribution in [0, 0.1) is 28.1 Å². The number of hydrogen-bond acceptors (Lipinski definition) is 12. The summed E-state index contributed by atoms with van der Waals surface area (Å²) < 4.78 is 28.7. The van der Waals surface area contributed by atoms with Gasteiger partial charge in [0.15, 0.2) is 0 Å². The highest BCUT2D eigenvalue weighted by molar-refractivity contribution is 5.90. The summed E-state index contributed by atoms with van der Waals surface area (Å²) in [7, 11) is 0. The van der Waals surface area contributed by atoms with Crippen LogP contribution in [0.15, 0.2) is 36.5 Å². The Balaban J connectivity index is 0.000000313. The van der Waals surface area contributed by atoms with Crippen LogP contribution in [-0.4, -0.2) is 74.5 Å². The van der Waals surface area contributed by atoms with Crippen molar-refractivity contribution in [2.45, 2.75) is 126 Å². The summed E-state index contributed by atoms with van der Waals surface area (Å²) >= 11 is 0. The van der Waals surface area contributed by atoms with Crippen molar-refractivity contribution in [2.24, 2.45) is 28.1 Å². The maximum atomic E-state index is 11.1. The molecule has 0 aromatic carbocycles. The van der Waals surface area contributed by atoms with Gasteiger partial charge in [0, 0.05) is 41.4 Å². The van der Waals surface area contributed by atoms with Gasteiger partial charge < -0.3 is 28.4 Å². The molecule has 7 atom stereocenters. The van der Waals surface area contributed by atoms with Gasteiger partial charge in [-0.05, 0) is 66.7 Å². The first-order valence-electron chi connectivity index (χ1n) is 18.3. The lowest BCUT2D eigenvalue weighted by Crippen LogP contribution is -2.27. The predicted octanol–water partition coefficient (Wildman–Crippen LogP) is 6.79. The quantitative estimate of drug-likeness (QED) is 0.170. The van der Waals surface area contributed by atoms with Crippen molar-refractivity contribution >= 4 is 35.8 Å². The highest BCUT2D eigenvalue weighted by Gasteiger charge is 2.44. The van der Waals surface area contributed by atoms with E-state index in [0.29, 0.717) is 61.9 Å². The van der Waals surface area contributed by atoms with Gasteiger partial charge in [-0.3, -0.25) is 14.4 Å². The minimum absolute atomic E-state index is 0.0231. The average molecular weight is 735 g/mol. The fraction of sp³-hybridized carbons (Fsp3) is 0.700. The van der Waals surface area contributed by atoms with Gasteiger partial charge in [0.25, 0.3) is 0 Å². The number of carbonyl (C=O) groups is 6. The second-order valence-corrected chi connectivity index (χ2v) is 14.9. The molecule has 6 aliphatic heterocycles. The van der Waals surface area contributed by atoms with Crippen LogP contribution >= 0.6 is 0 Å². The Bertz CT molecular complexity index is 1310. The molecule has 12 heteroatoms. The smallest absolute Gasteiger partial charge is 0.333 e. The standard InChI is InChI=1S/2C8H14O2.C7H12O2.2C6H8O2.C5H6O2/c1-4-8(3)6(2)5-10-7(8)9;1-4-8(3)5-6(2)10-7(8)9;1-3-7(2)4-5-9-6(7)8;1-4-3-8-6(7)5(4)2;1-4-3-5(2)8-6(4)7;1-4-2-3-7-5(4)6/h2*6H,4-5H2,1-3H3;3-5H2,1-2H3;4H,2-3H2,1H3;5H,1,3H2,2H3;1-3H2/t2*6?,8-;7-;;;/m111.../s1. The molecule has 0 aromatic heterocycles. The Morgan fingerprint density at radius 2 is 1.23 bits per heavy atom. The molecule has 6 heterocycles. The van der Waals surface area contributed by atoms with Gasteiger partial charge in [0.05, 0.1) is 42.7 Å². The maximum absolute atomic E-state index is 11.1. The molecule has 12 nitrogen and oxygen atoms in total.